The van der Waals surface area contributed by atoms with Crippen molar-refractivity contribution in [2.24, 2.45) is 10.2 Å². The largest absolute Gasteiger partial charge is 0.307 e. The molecule has 1 aromatic heterocycles. The molecule has 0 amide bonds. The third kappa shape index (κ3) is 2.89. The van der Waals surface area contributed by atoms with Crippen LogP contribution in [0.4, 0.5) is 11.6 Å². The van der Waals surface area contributed by atoms with E-state index in [1.54, 1.807) is 0 Å². The number of nitrogens with zero attached hydrogens (tertiary/aromatic N) is 4. The Morgan fingerprint density at radius 1 is 0.913 bits per heavy atom. The maximum atomic E-state index is 4.65. The van der Waals surface area contributed by atoms with Crippen LogP contribution in [0.25, 0.3) is 11.0 Å². The van der Waals surface area contributed by atoms with Gasteiger partial charge in [0.2, 0.25) is 5.95 Å². The Labute approximate surface area is 136 Å². The predicted molar refractivity (Wildman–Crippen MR) is 95.0 cm³/mol. The van der Waals surface area contributed by atoms with Gasteiger partial charge in [0.05, 0.1) is 16.7 Å². The molecule has 0 spiro atoms. The smallest absolute Gasteiger partial charge is 0.250 e. The number of azo groups is 1. The fraction of sp³-hybridized carbons (Fsp3) is 0.316. The highest BCUT2D eigenvalue weighted by molar-refractivity contribution is 5.80. The molecule has 0 saturated heterocycles. The minimum absolute atomic E-state index is 0.660. The van der Waals surface area contributed by atoms with Crippen LogP contribution in [0.5, 0.6) is 0 Å². The van der Waals surface area contributed by atoms with Gasteiger partial charge in [-0.1, -0.05) is 17.7 Å². The predicted octanol–water partition coefficient (Wildman–Crippen LogP) is 5.71. The molecule has 0 saturated carbocycles. The van der Waals surface area contributed by atoms with E-state index in [2.05, 4.69) is 78.7 Å². The second kappa shape index (κ2) is 5.95. The second-order valence-electron chi connectivity index (χ2n) is 6.07. The van der Waals surface area contributed by atoms with E-state index in [-0.39, 0.29) is 0 Å². The van der Waals surface area contributed by atoms with E-state index in [0.29, 0.717) is 5.95 Å². The Bertz CT molecular complexity index is 903. The van der Waals surface area contributed by atoms with E-state index in [1.807, 2.05) is 6.07 Å². The van der Waals surface area contributed by atoms with Crippen LogP contribution >= 0.6 is 0 Å². The van der Waals surface area contributed by atoms with Gasteiger partial charge in [-0.25, -0.2) is 4.98 Å². The summed E-state index contributed by atoms with van der Waals surface area (Å²) >= 11 is 0. The Balaban J connectivity index is 2.07. The molecule has 0 radical (unpaired) electrons. The van der Waals surface area contributed by atoms with Crippen LogP contribution < -0.4 is 0 Å². The summed E-state index contributed by atoms with van der Waals surface area (Å²) in [5.74, 6) is 0.660. The molecule has 0 aliphatic heterocycles. The lowest BCUT2D eigenvalue weighted by molar-refractivity contribution is 0.781. The van der Waals surface area contributed by atoms with Crippen LogP contribution in [0, 0.1) is 27.7 Å². The van der Waals surface area contributed by atoms with Crippen LogP contribution in [0.15, 0.2) is 40.6 Å². The molecule has 23 heavy (non-hydrogen) atoms. The third-order valence-electron chi connectivity index (χ3n) is 4.26. The maximum Gasteiger partial charge on any atom is 0.250 e. The number of hydrogen-bond donors (Lipinski definition) is 0. The molecule has 4 nitrogen and oxygen atoms in total. The number of benzene rings is 2. The monoisotopic (exact) mass is 306 g/mol. The van der Waals surface area contributed by atoms with Gasteiger partial charge in [0.15, 0.2) is 0 Å². The Hall–Kier alpha value is -2.49. The van der Waals surface area contributed by atoms with Gasteiger partial charge in [0.1, 0.15) is 0 Å². The van der Waals surface area contributed by atoms with Gasteiger partial charge in [0.25, 0.3) is 0 Å². The van der Waals surface area contributed by atoms with Crippen molar-refractivity contribution in [2.75, 3.05) is 0 Å². The number of imidazole rings is 1. The minimum Gasteiger partial charge on any atom is -0.307 e. The number of hydrogen-bond acceptors (Lipinski definition) is 3. The zero-order chi connectivity index (χ0) is 16.6. The molecule has 3 rings (SSSR count). The van der Waals surface area contributed by atoms with Crippen molar-refractivity contribution in [3.05, 3.63) is 52.6 Å². The molecule has 0 fully saturated rings. The van der Waals surface area contributed by atoms with Crippen LogP contribution in [0.3, 0.4) is 0 Å². The van der Waals surface area contributed by atoms with Crippen molar-refractivity contribution in [1.82, 2.24) is 9.55 Å². The van der Waals surface area contributed by atoms with Gasteiger partial charge in [-0.2, -0.15) is 0 Å². The van der Waals surface area contributed by atoms with Gasteiger partial charge in [0, 0.05) is 6.54 Å². The molecule has 0 N–H and O–H groups in total. The minimum atomic E-state index is 0.660. The maximum absolute atomic E-state index is 4.65. The molecule has 118 valence electrons. The van der Waals surface area contributed by atoms with Gasteiger partial charge in [-0.05, 0) is 69.5 Å². The molecule has 0 unspecified atom stereocenters. The third-order valence-corrected chi connectivity index (χ3v) is 4.26. The first kappa shape index (κ1) is 15.4. The molecule has 1 heterocycles. The number of aryl methyl sites for hydroxylation is 5. The summed E-state index contributed by atoms with van der Waals surface area (Å²) in [5, 5.41) is 8.82. The van der Waals surface area contributed by atoms with Crippen molar-refractivity contribution in [2.45, 2.75) is 41.2 Å². The number of rotatable bonds is 3. The van der Waals surface area contributed by atoms with E-state index in [9.17, 15) is 0 Å². The average molecular weight is 306 g/mol. The second-order valence-corrected chi connectivity index (χ2v) is 6.07. The standard InChI is InChI=1S/C19H22N4/c1-6-23-18-11-14(4)13(3)10-17(18)20-19(23)22-21-16-8-7-12(2)9-15(16)5/h7-11H,6H2,1-5H3. The topological polar surface area (TPSA) is 42.5 Å². The summed E-state index contributed by atoms with van der Waals surface area (Å²) in [7, 11) is 0. The Morgan fingerprint density at radius 2 is 1.65 bits per heavy atom. The molecule has 0 bridgehead atoms. The lowest BCUT2D eigenvalue weighted by atomic mass is 10.1. The van der Waals surface area contributed by atoms with Crippen molar-refractivity contribution < 1.29 is 0 Å². The van der Waals surface area contributed by atoms with E-state index < -0.39 is 0 Å². The Kier molecular flexibility index (Phi) is 3.99. The summed E-state index contributed by atoms with van der Waals surface area (Å²) in [4.78, 5) is 4.65. The molecule has 3 aromatic rings. The molecular weight excluding hydrogens is 284 g/mol. The molecular formula is C19H22N4. The summed E-state index contributed by atoms with van der Waals surface area (Å²) in [6.07, 6.45) is 0. The number of aromatic nitrogens is 2. The van der Waals surface area contributed by atoms with E-state index in [4.69, 9.17) is 0 Å². The van der Waals surface area contributed by atoms with Crippen molar-refractivity contribution in [3.8, 4) is 0 Å². The summed E-state index contributed by atoms with van der Waals surface area (Å²) in [5.41, 5.74) is 7.85. The first-order valence-electron chi connectivity index (χ1n) is 7.96. The number of fused-ring (bicyclic) bond motifs is 1. The first-order chi connectivity index (χ1) is 11.0. The van der Waals surface area contributed by atoms with Gasteiger partial charge in [-0.15, -0.1) is 10.2 Å². The van der Waals surface area contributed by atoms with Gasteiger partial charge >= 0.3 is 0 Å². The zero-order valence-electron chi connectivity index (χ0n) is 14.4. The lowest BCUT2D eigenvalue weighted by Crippen LogP contribution is -1.93. The first-order valence-corrected chi connectivity index (χ1v) is 7.96. The highest BCUT2D eigenvalue weighted by Crippen LogP contribution is 2.27. The van der Waals surface area contributed by atoms with Crippen LogP contribution in [-0.4, -0.2) is 9.55 Å². The van der Waals surface area contributed by atoms with E-state index in [0.717, 1.165) is 28.8 Å². The summed E-state index contributed by atoms with van der Waals surface area (Å²) in [6, 6.07) is 10.5. The quantitative estimate of drug-likeness (QED) is 0.572. The highest BCUT2D eigenvalue weighted by Gasteiger charge is 2.10. The van der Waals surface area contributed by atoms with Crippen molar-refractivity contribution in [3.63, 3.8) is 0 Å². The molecule has 2 aromatic carbocycles. The summed E-state index contributed by atoms with van der Waals surface area (Å²) in [6.45, 7) is 11.3. The van der Waals surface area contributed by atoms with Crippen molar-refractivity contribution in [1.29, 1.82) is 0 Å². The van der Waals surface area contributed by atoms with Crippen LogP contribution in [-0.2, 0) is 6.54 Å². The van der Waals surface area contributed by atoms with Crippen LogP contribution in [0.2, 0.25) is 0 Å². The molecule has 0 atom stereocenters. The van der Waals surface area contributed by atoms with E-state index in [1.165, 1.54) is 16.7 Å². The Morgan fingerprint density at radius 3 is 2.35 bits per heavy atom. The SMILES string of the molecule is CCn1c(N=Nc2ccc(C)cc2C)nc2cc(C)c(C)cc21. The van der Waals surface area contributed by atoms with E-state index >= 15 is 0 Å². The van der Waals surface area contributed by atoms with Gasteiger partial charge < -0.3 is 4.57 Å². The van der Waals surface area contributed by atoms with Crippen molar-refractivity contribution >= 4 is 22.7 Å². The fourth-order valence-corrected chi connectivity index (χ4v) is 2.77. The molecule has 0 aliphatic rings. The molecule has 4 heteroatoms. The molecule has 0 aliphatic carbocycles. The zero-order valence-corrected chi connectivity index (χ0v) is 14.4. The summed E-state index contributed by atoms with van der Waals surface area (Å²) < 4.78 is 2.11. The lowest BCUT2D eigenvalue weighted by Gasteiger charge is -2.04. The fourth-order valence-electron chi connectivity index (χ4n) is 2.77. The average Bonchev–Trinajstić information content (AvgIpc) is 2.83. The van der Waals surface area contributed by atoms with Crippen LogP contribution in [0.1, 0.15) is 29.2 Å². The normalized spacial score (nSPS) is 11.7. The highest BCUT2D eigenvalue weighted by atomic mass is 15.3. The van der Waals surface area contributed by atoms with Gasteiger partial charge in [-0.3, -0.25) is 0 Å².